The number of hydrogen-bond donors (Lipinski definition) is 3. The molecule has 0 amide bonds. The molecule has 1 aromatic heterocycles. The first kappa shape index (κ1) is 19.2. The highest BCUT2D eigenvalue weighted by Crippen LogP contribution is 2.32. The van der Waals surface area contributed by atoms with Gasteiger partial charge in [-0.25, -0.2) is 4.79 Å². The van der Waals surface area contributed by atoms with E-state index in [1.165, 1.54) is 18.2 Å². The van der Waals surface area contributed by atoms with Gasteiger partial charge < -0.3 is 20.6 Å². The number of nitrogens with zero attached hydrogens (tertiary/aromatic N) is 2. The van der Waals surface area contributed by atoms with Crippen LogP contribution < -0.4 is 16.0 Å². The number of H-pyrrole nitrogens is 1. The third-order valence-corrected chi connectivity index (χ3v) is 4.20. The van der Waals surface area contributed by atoms with E-state index in [9.17, 15) is 25.2 Å². The molecule has 0 fully saturated rings. The Morgan fingerprint density at radius 1 is 1.10 bits per heavy atom. The summed E-state index contributed by atoms with van der Waals surface area (Å²) in [6.45, 7) is 0.158. The summed E-state index contributed by atoms with van der Waals surface area (Å²) in [5, 5.41) is 28.4. The van der Waals surface area contributed by atoms with Crippen molar-refractivity contribution in [1.29, 1.82) is 10.5 Å². The molecular weight excluding hydrogens is 372 g/mol. The smallest absolute Gasteiger partial charge is 0.339 e. The number of aromatic nitrogens is 1. The molecule has 0 unspecified atom stereocenters. The van der Waals surface area contributed by atoms with Crippen molar-refractivity contribution >= 4 is 11.8 Å². The first-order valence-corrected chi connectivity index (χ1v) is 8.36. The van der Waals surface area contributed by atoms with Crippen LogP contribution in [-0.2, 0) is 6.61 Å². The number of nitrogens with one attached hydrogen (secondary N) is 1. The van der Waals surface area contributed by atoms with Crippen LogP contribution >= 0.6 is 0 Å². The van der Waals surface area contributed by atoms with Crippen molar-refractivity contribution < 1.29 is 14.6 Å². The molecule has 3 rings (SSSR count). The molecule has 0 spiro atoms. The molecular formula is C21H14N4O4. The zero-order valence-electron chi connectivity index (χ0n) is 15.0. The molecule has 0 atom stereocenters. The number of carboxylic acid groups (broad SMARTS) is 1. The molecule has 0 saturated heterocycles. The van der Waals surface area contributed by atoms with Crippen molar-refractivity contribution in [1.82, 2.24) is 4.98 Å². The van der Waals surface area contributed by atoms with Crippen molar-refractivity contribution in [2.45, 2.75) is 6.61 Å². The summed E-state index contributed by atoms with van der Waals surface area (Å²) in [6.07, 6.45) is 0. The van der Waals surface area contributed by atoms with Gasteiger partial charge in [-0.1, -0.05) is 36.4 Å². The van der Waals surface area contributed by atoms with E-state index in [-0.39, 0.29) is 46.0 Å². The number of hydrogen-bond acceptors (Lipinski definition) is 6. The monoisotopic (exact) mass is 386 g/mol. The Kier molecular flexibility index (Phi) is 5.29. The van der Waals surface area contributed by atoms with Crippen molar-refractivity contribution in [3.63, 3.8) is 0 Å². The molecule has 0 radical (unpaired) electrons. The maximum atomic E-state index is 12.1. The number of nitrogen functional groups attached to an aromatic ring is 1. The zero-order chi connectivity index (χ0) is 21.0. The number of carbonyl (C=O) groups is 1. The second-order valence-electron chi connectivity index (χ2n) is 6.01. The van der Waals surface area contributed by atoms with Crippen LogP contribution in [-0.4, -0.2) is 16.1 Å². The van der Waals surface area contributed by atoms with E-state index >= 15 is 0 Å². The van der Waals surface area contributed by atoms with Crippen molar-refractivity contribution in [3.05, 3.63) is 81.1 Å². The fourth-order valence-electron chi connectivity index (χ4n) is 2.85. The normalized spacial score (nSPS) is 10.0. The molecule has 3 aromatic rings. The summed E-state index contributed by atoms with van der Waals surface area (Å²) >= 11 is 0. The fourth-order valence-corrected chi connectivity index (χ4v) is 2.85. The number of aromatic carboxylic acids is 1. The van der Waals surface area contributed by atoms with Gasteiger partial charge in [-0.2, -0.15) is 10.5 Å². The minimum atomic E-state index is -1.26. The maximum Gasteiger partial charge on any atom is 0.339 e. The largest absolute Gasteiger partial charge is 0.488 e. The lowest BCUT2D eigenvalue weighted by atomic mass is 9.95. The highest BCUT2D eigenvalue weighted by Gasteiger charge is 2.21. The number of nitriles is 2. The lowest BCUT2D eigenvalue weighted by molar-refractivity contribution is 0.0692. The minimum Gasteiger partial charge on any atom is -0.488 e. The van der Waals surface area contributed by atoms with E-state index < -0.39 is 11.5 Å². The molecule has 1 heterocycles. The summed E-state index contributed by atoms with van der Waals surface area (Å²) in [5.41, 5.74) is 5.35. The number of nitrogens with two attached hydrogens (primary N) is 1. The number of rotatable bonds is 5. The quantitative estimate of drug-likeness (QED) is 0.609. The van der Waals surface area contributed by atoms with Gasteiger partial charge in [0.25, 0.3) is 5.56 Å². The van der Waals surface area contributed by atoms with E-state index in [1.54, 1.807) is 6.07 Å². The first-order valence-electron chi connectivity index (χ1n) is 8.36. The number of benzene rings is 2. The Morgan fingerprint density at radius 2 is 1.79 bits per heavy atom. The predicted molar refractivity (Wildman–Crippen MR) is 104 cm³/mol. The molecule has 8 nitrogen and oxygen atoms in total. The highest BCUT2D eigenvalue weighted by atomic mass is 16.5. The first-order chi connectivity index (χ1) is 14.0. The number of carboxylic acids is 1. The van der Waals surface area contributed by atoms with E-state index in [0.29, 0.717) is 0 Å². The summed E-state index contributed by atoms with van der Waals surface area (Å²) in [6, 6.07) is 16.9. The van der Waals surface area contributed by atoms with Gasteiger partial charge in [0.05, 0.1) is 0 Å². The Hall–Kier alpha value is -4.56. The van der Waals surface area contributed by atoms with Crippen LogP contribution in [0.5, 0.6) is 5.75 Å². The van der Waals surface area contributed by atoms with E-state index in [1.807, 2.05) is 36.4 Å². The molecule has 0 bridgehead atoms. The molecule has 4 N–H and O–H groups in total. The second kappa shape index (κ2) is 7.99. The highest BCUT2D eigenvalue weighted by molar-refractivity contribution is 5.93. The Labute approximate surface area is 165 Å². The van der Waals surface area contributed by atoms with E-state index in [2.05, 4.69) is 4.98 Å². The number of aromatic amines is 1. The van der Waals surface area contributed by atoms with Crippen molar-refractivity contribution in [2.75, 3.05) is 5.73 Å². The van der Waals surface area contributed by atoms with Gasteiger partial charge >= 0.3 is 5.97 Å². The van der Waals surface area contributed by atoms with Crippen LogP contribution in [0.15, 0.2) is 53.3 Å². The summed E-state index contributed by atoms with van der Waals surface area (Å²) in [5.74, 6) is -1.35. The van der Waals surface area contributed by atoms with E-state index in [0.717, 1.165) is 5.56 Å². The Morgan fingerprint density at radius 3 is 2.41 bits per heavy atom. The predicted octanol–water partition coefficient (Wildman–Crippen LogP) is 2.64. The molecule has 2 aromatic carbocycles. The number of pyridine rings is 1. The molecule has 0 aliphatic carbocycles. The second-order valence-corrected chi connectivity index (χ2v) is 6.01. The van der Waals surface area contributed by atoms with Gasteiger partial charge in [0, 0.05) is 5.56 Å². The minimum absolute atomic E-state index is 0.0200. The van der Waals surface area contributed by atoms with Crippen molar-refractivity contribution in [2.24, 2.45) is 0 Å². The van der Waals surface area contributed by atoms with Crippen LogP contribution in [0.3, 0.4) is 0 Å². The van der Waals surface area contributed by atoms with Gasteiger partial charge in [-0.05, 0) is 23.3 Å². The summed E-state index contributed by atoms with van der Waals surface area (Å²) < 4.78 is 5.63. The van der Waals surface area contributed by atoms with Gasteiger partial charge in [0.1, 0.15) is 47.0 Å². The third-order valence-electron chi connectivity index (χ3n) is 4.20. The molecule has 8 heteroatoms. The van der Waals surface area contributed by atoms with Crippen LogP contribution in [0.1, 0.15) is 27.0 Å². The van der Waals surface area contributed by atoms with Gasteiger partial charge in [-0.3, -0.25) is 4.79 Å². The molecule has 0 aliphatic heterocycles. The zero-order valence-corrected chi connectivity index (χ0v) is 15.0. The Bertz CT molecular complexity index is 1230. The average Bonchev–Trinajstić information content (AvgIpc) is 2.72. The summed E-state index contributed by atoms with van der Waals surface area (Å²) in [7, 11) is 0. The van der Waals surface area contributed by atoms with Crippen LogP contribution in [0, 0.1) is 22.7 Å². The van der Waals surface area contributed by atoms with Gasteiger partial charge in [0.15, 0.2) is 0 Å². The number of ether oxygens (including phenoxy) is 1. The fraction of sp³-hybridized carbons (Fsp3) is 0.0476. The van der Waals surface area contributed by atoms with Gasteiger partial charge in [0.2, 0.25) is 0 Å². The van der Waals surface area contributed by atoms with Crippen LogP contribution in [0.25, 0.3) is 11.1 Å². The molecule has 142 valence electrons. The number of anilines is 1. The molecule has 0 saturated carbocycles. The maximum absolute atomic E-state index is 12.1. The Balaban J connectivity index is 2.11. The lowest BCUT2D eigenvalue weighted by Crippen LogP contribution is -2.16. The lowest BCUT2D eigenvalue weighted by Gasteiger charge is -2.13. The van der Waals surface area contributed by atoms with Crippen molar-refractivity contribution in [3.8, 4) is 29.0 Å². The summed E-state index contributed by atoms with van der Waals surface area (Å²) in [4.78, 5) is 26.1. The third kappa shape index (κ3) is 3.77. The standard InChI is InChI=1S/C21H14N4O4/c22-9-15-18(16(10-23)20(26)25-19(15)24)13-6-7-17(14(8-13)21(27)28)29-11-12-4-2-1-3-5-12/h1-8H,11H2,(H,27,28)(H3,24,25,26). The molecule has 29 heavy (non-hydrogen) atoms. The topological polar surface area (TPSA) is 153 Å². The van der Waals surface area contributed by atoms with Crippen LogP contribution in [0.2, 0.25) is 0 Å². The van der Waals surface area contributed by atoms with Crippen LogP contribution in [0.4, 0.5) is 5.82 Å². The SMILES string of the molecule is N#Cc1c(N)[nH]c(=O)c(C#N)c1-c1ccc(OCc2ccccc2)c(C(=O)O)c1. The molecule has 0 aliphatic rings. The van der Waals surface area contributed by atoms with Gasteiger partial charge in [-0.15, -0.1) is 0 Å². The van der Waals surface area contributed by atoms with E-state index in [4.69, 9.17) is 10.5 Å². The average molecular weight is 386 g/mol.